The molecule has 3 aromatic rings. The van der Waals surface area contributed by atoms with Crippen LogP contribution in [0.25, 0.3) is 5.69 Å². The molecule has 0 aliphatic rings. The van der Waals surface area contributed by atoms with Crippen molar-refractivity contribution in [2.75, 3.05) is 6.54 Å². The van der Waals surface area contributed by atoms with Crippen LogP contribution in [0.15, 0.2) is 54.6 Å². The van der Waals surface area contributed by atoms with E-state index >= 15 is 0 Å². The van der Waals surface area contributed by atoms with Crippen molar-refractivity contribution in [2.45, 2.75) is 46.4 Å². The lowest BCUT2D eigenvalue weighted by Crippen LogP contribution is -2.36. The van der Waals surface area contributed by atoms with E-state index in [4.69, 9.17) is 9.84 Å². The van der Waals surface area contributed by atoms with Crippen LogP contribution in [0.5, 0.6) is 11.6 Å². The Hall–Kier alpha value is -2.70. The van der Waals surface area contributed by atoms with E-state index in [-0.39, 0.29) is 11.9 Å². The van der Waals surface area contributed by atoms with Gasteiger partial charge in [0.1, 0.15) is 11.6 Å². The molecule has 0 amide bonds. The Morgan fingerprint density at radius 1 is 1.10 bits per heavy atom. The molecule has 2 aromatic carbocycles. The number of para-hydroxylation sites is 1. The summed E-state index contributed by atoms with van der Waals surface area (Å²) in [6, 6.07) is 16.0. The van der Waals surface area contributed by atoms with E-state index in [1.165, 1.54) is 12.1 Å². The highest BCUT2D eigenvalue weighted by atomic mass is 19.1. The van der Waals surface area contributed by atoms with Crippen molar-refractivity contribution in [3.63, 3.8) is 0 Å². The number of hydrogen-bond acceptors (Lipinski definition) is 4. The molecule has 0 aliphatic carbocycles. The maximum Gasteiger partial charge on any atom is 0.227 e. The number of aromatic nitrogens is 2. The van der Waals surface area contributed by atoms with E-state index in [9.17, 15) is 9.50 Å². The second-order valence-electron chi connectivity index (χ2n) is 7.55. The molecular weight excluding hydrogens is 369 g/mol. The highest BCUT2D eigenvalue weighted by molar-refractivity contribution is 5.43. The van der Waals surface area contributed by atoms with E-state index in [0.717, 1.165) is 16.9 Å². The van der Waals surface area contributed by atoms with Gasteiger partial charge in [-0.1, -0.05) is 24.3 Å². The summed E-state index contributed by atoms with van der Waals surface area (Å²) in [6.45, 7) is 8.99. The number of nitrogens with zero attached hydrogens (tertiary/aromatic N) is 3. The second-order valence-corrected chi connectivity index (χ2v) is 7.55. The van der Waals surface area contributed by atoms with Crippen LogP contribution < -0.4 is 4.74 Å². The minimum atomic E-state index is -0.450. The van der Waals surface area contributed by atoms with Crippen LogP contribution in [0, 0.1) is 12.7 Å². The van der Waals surface area contributed by atoms with Gasteiger partial charge in [-0.15, -0.1) is 0 Å². The quantitative estimate of drug-likeness (QED) is 0.598. The number of aliphatic hydroxyl groups excluding tert-OH is 1. The van der Waals surface area contributed by atoms with Crippen molar-refractivity contribution in [1.82, 2.24) is 14.7 Å². The monoisotopic (exact) mass is 397 g/mol. The molecular formula is C23H28FN3O2. The largest absolute Gasteiger partial charge is 0.438 e. The van der Waals surface area contributed by atoms with Crippen LogP contribution in [-0.4, -0.2) is 38.5 Å². The first kappa shape index (κ1) is 21.0. The molecule has 6 heteroatoms. The molecule has 0 aliphatic heterocycles. The number of benzene rings is 2. The molecule has 0 saturated heterocycles. The average molecular weight is 397 g/mol. The summed E-state index contributed by atoms with van der Waals surface area (Å²) in [5.41, 5.74) is 2.60. The van der Waals surface area contributed by atoms with Gasteiger partial charge >= 0.3 is 0 Å². The van der Waals surface area contributed by atoms with Crippen LogP contribution >= 0.6 is 0 Å². The van der Waals surface area contributed by atoms with Gasteiger partial charge in [-0.25, -0.2) is 9.07 Å². The molecule has 0 saturated carbocycles. The van der Waals surface area contributed by atoms with Crippen LogP contribution in [0.1, 0.15) is 32.0 Å². The molecule has 0 fully saturated rings. The maximum atomic E-state index is 13.7. The Kier molecular flexibility index (Phi) is 6.67. The van der Waals surface area contributed by atoms with Crippen molar-refractivity contribution >= 4 is 0 Å². The minimum Gasteiger partial charge on any atom is -0.438 e. The van der Waals surface area contributed by atoms with Crippen LogP contribution in [0.4, 0.5) is 4.39 Å². The van der Waals surface area contributed by atoms with Crippen molar-refractivity contribution in [3.05, 3.63) is 71.7 Å². The third kappa shape index (κ3) is 5.22. The zero-order valence-electron chi connectivity index (χ0n) is 17.3. The van der Waals surface area contributed by atoms with Crippen LogP contribution in [-0.2, 0) is 6.54 Å². The first-order valence-electron chi connectivity index (χ1n) is 9.84. The number of hydrogen-bond donors (Lipinski definition) is 1. The number of rotatable bonds is 8. The van der Waals surface area contributed by atoms with Crippen molar-refractivity contribution < 1.29 is 14.2 Å². The van der Waals surface area contributed by atoms with Gasteiger partial charge in [0.05, 0.1) is 23.0 Å². The third-order valence-corrected chi connectivity index (χ3v) is 4.74. The molecule has 1 atom stereocenters. The summed E-state index contributed by atoms with van der Waals surface area (Å²) in [6.07, 6.45) is -0.450. The fourth-order valence-corrected chi connectivity index (χ4v) is 3.21. The lowest BCUT2D eigenvalue weighted by atomic mass is 10.2. The van der Waals surface area contributed by atoms with Gasteiger partial charge in [0.15, 0.2) is 0 Å². The van der Waals surface area contributed by atoms with Gasteiger partial charge in [-0.3, -0.25) is 4.90 Å². The molecule has 1 aromatic heterocycles. The summed E-state index contributed by atoms with van der Waals surface area (Å²) < 4.78 is 21.6. The fraction of sp³-hybridized carbons (Fsp3) is 0.348. The molecule has 5 nitrogen and oxygen atoms in total. The molecule has 0 radical (unpaired) electrons. The normalized spacial score (nSPS) is 12.6. The summed E-state index contributed by atoms with van der Waals surface area (Å²) in [5, 5.41) is 14.6. The van der Waals surface area contributed by atoms with Crippen LogP contribution in [0.3, 0.4) is 0 Å². The molecule has 0 unspecified atom stereocenters. The summed E-state index contributed by atoms with van der Waals surface area (Å²) >= 11 is 0. The zero-order chi connectivity index (χ0) is 21.0. The molecule has 1 N–H and O–H groups in total. The lowest BCUT2D eigenvalue weighted by molar-refractivity contribution is 0.102. The topological polar surface area (TPSA) is 50.5 Å². The molecule has 154 valence electrons. The molecule has 1 heterocycles. The second kappa shape index (κ2) is 9.20. The van der Waals surface area contributed by atoms with Crippen molar-refractivity contribution in [1.29, 1.82) is 0 Å². The Morgan fingerprint density at radius 3 is 2.45 bits per heavy atom. The smallest absolute Gasteiger partial charge is 0.227 e. The first-order chi connectivity index (χ1) is 13.8. The minimum absolute atomic E-state index is 0.228. The highest BCUT2D eigenvalue weighted by Crippen LogP contribution is 2.32. The Labute approximate surface area is 171 Å². The number of aryl methyl sites for hydroxylation is 1. The van der Waals surface area contributed by atoms with Gasteiger partial charge in [0.2, 0.25) is 5.88 Å². The third-order valence-electron chi connectivity index (χ3n) is 4.74. The van der Waals surface area contributed by atoms with Crippen molar-refractivity contribution in [2.24, 2.45) is 0 Å². The van der Waals surface area contributed by atoms with Crippen molar-refractivity contribution in [3.8, 4) is 17.3 Å². The number of aliphatic hydroxyl groups is 1. The van der Waals surface area contributed by atoms with E-state index < -0.39 is 6.10 Å². The Balaban J connectivity index is 2.06. The average Bonchev–Trinajstić information content (AvgIpc) is 2.97. The van der Waals surface area contributed by atoms with Gasteiger partial charge in [0, 0.05) is 25.2 Å². The highest BCUT2D eigenvalue weighted by Gasteiger charge is 2.23. The van der Waals surface area contributed by atoms with E-state index in [1.54, 1.807) is 23.7 Å². The lowest BCUT2D eigenvalue weighted by Gasteiger charge is -2.27. The van der Waals surface area contributed by atoms with E-state index in [2.05, 4.69) is 18.7 Å². The van der Waals surface area contributed by atoms with E-state index in [1.807, 2.05) is 37.3 Å². The van der Waals surface area contributed by atoms with Crippen LogP contribution in [0.2, 0.25) is 0 Å². The molecule has 29 heavy (non-hydrogen) atoms. The van der Waals surface area contributed by atoms with Gasteiger partial charge in [0.25, 0.3) is 0 Å². The predicted octanol–water partition coefficient (Wildman–Crippen LogP) is 4.70. The van der Waals surface area contributed by atoms with Gasteiger partial charge < -0.3 is 9.84 Å². The number of ether oxygens (including phenoxy) is 1. The zero-order valence-corrected chi connectivity index (χ0v) is 17.3. The number of halogens is 1. The maximum absolute atomic E-state index is 13.7. The standard InChI is InChI=1S/C23H28FN3O2/c1-16(2)26(14-17(3)28)15-22-18(4)25-27(20-10-6-5-7-11-20)23(22)29-21-12-8-9-19(24)13-21/h5-13,16-17,28H,14-15H2,1-4H3/t17-/m0/s1. The molecule has 3 rings (SSSR count). The summed E-state index contributed by atoms with van der Waals surface area (Å²) in [5.74, 6) is 0.606. The predicted molar refractivity (Wildman–Crippen MR) is 112 cm³/mol. The Bertz CT molecular complexity index is 939. The van der Waals surface area contributed by atoms with Gasteiger partial charge in [-0.2, -0.15) is 5.10 Å². The Morgan fingerprint density at radius 2 is 1.83 bits per heavy atom. The molecule has 0 bridgehead atoms. The SMILES string of the molecule is Cc1nn(-c2ccccc2)c(Oc2cccc(F)c2)c1CN(C[C@H](C)O)C(C)C. The summed E-state index contributed by atoms with van der Waals surface area (Å²) in [4.78, 5) is 2.17. The molecule has 0 spiro atoms. The van der Waals surface area contributed by atoms with Gasteiger partial charge in [-0.05, 0) is 52.0 Å². The first-order valence-corrected chi connectivity index (χ1v) is 9.84. The van der Waals surface area contributed by atoms with E-state index in [0.29, 0.717) is 24.7 Å². The fourth-order valence-electron chi connectivity index (χ4n) is 3.21. The summed E-state index contributed by atoms with van der Waals surface area (Å²) in [7, 11) is 0.